The largest absolute Gasteiger partial charge is 0.0984 e. The zero-order valence-electron chi connectivity index (χ0n) is 27.3. The molecule has 0 atom stereocenters. The van der Waals surface area contributed by atoms with Gasteiger partial charge >= 0.3 is 0 Å². The van der Waals surface area contributed by atoms with Gasteiger partial charge in [0.05, 0.1) is 0 Å². The molecule has 8 aromatic rings. The number of aryl methyl sites for hydroxylation is 1. The lowest BCUT2D eigenvalue weighted by Gasteiger charge is -2.22. The van der Waals surface area contributed by atoms with E-state index in [1.54, 1.807) is 0 Å². The summed E-state index contributed by atoms with van der Waals surface area (Å²) in [5, 5.41) is 13.1. The monoisotopic (exact) mass is 590 g/mol. The van der Waals surface area contributed by atoms with Gasteiger partial charge in [0.25, 0.3) is 0 Å². The third kappa shape index (κ3) is 4.44. The molecule has 0 aliphatic heterocycles. The lowest BCUT2D eigenvalue weighted by atomic mass is 9.82. The van der Waals surface area contributed by atoms with Crippen LogP contribution in [0.1, 0.15) is 49.9 Å². The van der Waals surface area contributed by atoms with Crippen molar-refractivity contribution >= 4 is 66.0 Å². The van der Waals surface area contributed by atoms with Crippen LogP contribution in [0.5, 0.6) is 0 Å². The molecule has 0 amide bonds. The summed E-state index contributed by atoms with van der Waals surface area (Å²) < 4.78 is 0. The minimum Gasteiger partial charge on any atom is -0.0984 e. The van der Waals surface area contributed by atoms with Crippen LogP contribution in [0.15, 0.2) is 122 Å². The van der Waals surface area contributed by atoms with Crippen molar-refractivity contribution in [1.82, 2.24) is 0 Å². The van der Waals surface area contributed by atoms with Crippen molar-refractivity contribution in [1.29, 1.82) is 0 Å². The maximum Gasteiger partial charge on any atom is -0.00179 e. The maximum absolute atomic E-state index is 4.01. The van der Waals surface area contributed by atoms with E-state index in [2.05, 4.69) is 163 Å². The Hall–Kier alpha value is -5.20. The Morgan fingerprint density at radius 1 is 0.543 bits per heavy atom. The van der Waals surface area contributed by atoms with Gasteiger partial charge in [-0.3, -0.25) is 0 Å². The normalized spacial score (nSPS) is 12.5. The fourth-order valence-corrected chi connectivity index (χ4v) is 7.44. The van der Waals surface area contributed by atoms with Gasteiger partial charge in [0.1, 0.15) is 0 Å². The average Bonchev–Trinajstić information content (AvgIpc) is 3.06. The highest BCUT2D eigenvalue weighted by molar-refractivity contribution is 6.26. The van der Waals surface area contributed by atoms with Crippen molar-refractivity contribution in [3.8, 4) is 22.3 Å². The Kier molecular flexibility index (Phi) is 6.41. The van der Waals surface area contributed by atoms with Crippen LogP contribution in [0.4, 0.5) is 0 Å². The molecule has 0 bridgehead atoms. The van der Waals surface area contributed by atoms with Gasteiger partial charge in [0.15, 0.2) is 0 Å². The molecule has 222 valence electrons. The van der Waals surface area contributed by atoms with E-state index in [4.69, 9.17) is 0 Å². The van der Waals surface area contributed by atoms with Crippen molar-refractivity contribution in [2.24, 2.45) is 0 Å². The molecule has 0 radical (unpaired) electrons. The number of fused-ring (bicyclic) bond motifs is 2. The van der Waals surface area contributed by atoms with E-state index in [-0.39, 0.29) is 5.41 Å². The van der Waals surface area contributed by atoms with Gasteiger partial charge in [0, 0.05) is 0 Å². The molecule has 0 aliphatic carbocycles. The molecule has 0 saturated heterocycles. The van der Waals surface area contributed by atoms with Crippen LogP contribution in [0.25, 0.3) is 88.3 Å². The summed E-state index contributed by atoms with van der Waals surface area (Å²) >= 11 is 0. The molecular weight excluding hydrogens is 553 g/mol. The first-order valence-corrected chi connectivity index (χ1v) is 16.3. The van der Waals surface area contributed by atoms with Crippen LogP contribution < -0.4 is 0 Å². The van der Waals surface area contributed by atoms with Gasteiger partial charge in [-0.1, -0.05) is 137 Å². The van der Waals surface area contributed by atoms with Crippen LogP contribution in [-0.2, 0) is 5.41 Å². The predicted octanol–water partition coefficient (Wildman–Crippen LogP) is 13.5. The SMILES string of the molecule is C=Cc1ccc2cc(-c3ccc4cc(-c5cc(C)c6ccc7cc(C(C)(C)C)cc8ccc5c6c78)ccc4c3)ccc2c1/C=C\C. The third-order valence-electron chi connectivity index (χ3n) is 9.92. The van der Waals surface area contributed by atoms with Crippen LogP contribution in [-0.4, -0.2) is 0 Å². The van der Waals surface area contributed by atoms with E-state index < -0.39 is 0 Å². The zero-order chi connectivity index (χ0) is 31.7. The average molecular weight is 591 g/mol. The Balaban J connectivity index is 1.24. The van der Waals surface area contributed by atoms with E-state index in [1.807, 2.05) is 6.08 Å². The number of hydrogen-bond acceptors (Lipinski definition) is 0. The molecule has 0 saturated carbocycles. The van der Waals surface area contributed by atoms with Gasteiger partial charge in [-0.25, -0.2) is 0 Å². The Bertz CT molecular complexity index is 2510. The summed E-state index contributed by atoms with van der Waals surface area (Å²) in [7, 11) is 0. The van der Waals surface area contributed by atoms with E-state index in [0.717, 1.165) is 5.56 Å². The van der Waals surface area contributed by atoms with Crippen LogP contribution in [0, 0.1) is 6.92 Å². The molecule has 8 rings (SSSR count). The number of hydrogen-bond donors (Lipinski definition) is 0. The highest BCUT2D eigenvalue weighted by atomic mass is 14.2. The number of allylic oxidation sites excluding steroid dienone is 1. The van der Waals surface area contributed by atoms with Crippen molar-refractivity contribution < 1.29 is 0 Å². The van der Waals surface area contributed by atoms with Crippen molar-refractivity contribution in [2.75, 3.05) is 0 Å². The van der Waals surface area contributed by atoms with E-state index in [1.165, 1.54) is 92.8 Å². The molecule has 0 spiro atoms. The minimum atomic E-state index is 0.107. The predicted molar refractivity (Wildman–Crippen MR) is 204 cm³/mol. The third-order valence-corrected chi connectivity index (χ3v) is 9.92. The summed E-state index contributed by atoms with van der Waals surface area (Å²) in [5.74, 6) is 0. The second-order valence-corrected chi connectivity index (χ2v) is 13.9. The van der Waals surface area contributed by atoms with Gasteiger partial charge in [-0.05, 0) is 136 Å². The van der Waals surface area contributed by atoms with Crippen LogP contribution in [0.3, 0.4) is 0 Å². The van der Waals surface area contributed by atoms with Crippen molar-refractivity contribution in [3.63, 3.8) is 0 Å². The Labute approximate surface area is 271 Å². The molecule has 0 aliphatic rings. The maximum atomic E-state index is 4.01. The molecule has 0 heterocycles. The topological polar surface area (TPSA) is 0 Å². The Morgan fingerprint density at radius 2 is 1.11 bits per heavy atom. The zero-order valence-corrected chi connectivity index (χ0v) is 27.3. The summed E-state index contributed by atoms with van der Waals surface area (Å²) in [4.78, 5) is 0. The molecule has 8 aromatic carbocycles. The van der Waals surface area contributed by atoms with Crippen molar-refractivity contribution in [3.05, 3.63) is 144 Å². The van der Waals surface area contributed by atoms with Gasteiger partial charge in [0.2, 0.25) is 0 Å². The van der Waals surface area contributed by atoms with Gasteiger partial charge < -0.3 is 0 Å². The summed E-state index contributed by atoms with van der Waals surface area (Å²) in [6, 6.07) is 41.5. The fraction of sp³-hybridized carbons (Fsp3) is 0.130. The second kappa shape index (κ2) is 10.4. The van der Waals surface area contributed by atoms with Crippen LogP contribution in [0.2, 0.25) is 0 Å². The molecule has 0 N–H and O–H groups in total. The van der Waals surface area contributed by atoms with E-state index >= 15 is 0 Å². The second-order valence-electron chi connectivity index (χ2n) is 13.9. The number of rotatable bonds is 4. The minimum absolute atomic E-state index is 0.107. The molecule has 0 fully saturated rings. The molecule has 46 heavy (non-hydrogen) atoms. The molecule has 0 unspecified atom stereocenters. The lowest BCUT2D eigenvalue weighted by molar-refractivity contribution is 0.591. The highest BCUT2D eigenvalue weighted by Gasteiger charge is 2.19. The lowest BCUT2D eigenvalue weighted by Crippen LogP contribution is -2.10. The van der Waals surface area contributed by atoms with Crippen LogP contribution >= 0.6 is 0 Å². The molecular formula is C46H38. The quantitative estimate of drug-likeness (QED) is 0.179. The molecule has 0 aromatic heterocycles. The number of benzene rings is 8. The molecule has 0 nitrogen and oxygen atoms in total. The standard InChI is InChI=1S/C46H38/c1-7-9-40-29(8-2)10-14-34-24-33(16-20-41(34)40)30-11-12-32-25-35(15-13-31(32)23-30)43-22-28(3)39-19-17-36-26-38(46(4,5)6)27-37-18-21-42(43)45(39)44(36)37/h7-27H,2H2,1,3-6H3/b9-7-. The fourth-order valence-electron chi connectivity index (χ4n) is 7.44. The first-order valence-electron chi connectivity index (χ1n) is 16.3. The van der Waals surface area contributed by atoms with Gasteiger partial charge in [-0.15, -0.1) is 0 Å². The van der Waals surface area contributed by atoms with E-state index in [9.17, 15) is 0 Å². The highest BCUT2D eigenvalue weighted by Crippen LogP contribution is 2.43. The summed E-state index contributed by atoms with van der Waals surface area (Å²) in [5.41, 5.74) is 10.2. The van der Waals surface area contributed by atoms with E-state index in [0.29, 0.717) is 0 Å². The van der Waals surface area contributed by atoms with Gasteiger partial charge in [-0.2, -0.15) is 0 Å². The van der Waals surface area contributed by atoms with Crippen molar-refractivity contribution in [2.45, 2.75) is 40.0 Å². The first kappa shape index (κ1) is 28.3. The first-order chi connectivity index (χ1) is 22.2. The smallest absolute Gasteiger partial charge is 0.00179 e. The molecule has 0 heteroatoms. The Morgan fingerprint density at radius 3 is 1.78 bits per heavy atom. The summed E-state index contributed by atoms with van der Waals surface area (Å²) in [6.07, 6.45) is 6.21. The summed E-state index contributed by atoms with van der Waals surface area (Å²) in [6.45, 7) is 15.2.